The smallest absolute Gasteiger partial charge is 0.254 e. The molecule has 1 aliphatic rings. The van der Waals surface area contributed by atoms with Gasteiger partial charge in [-0.1, -0.05) is 13.8 Å². The first kappa shape index (κ1) is 18.7. The summed E-state index contributed by atoms with van der Waals surface area (Å²) in [5, 5.41) is 3.29. The van der Waals surface area contributed by atoms with Crippen molar-refractivity contribution >= 4 is 21.6 Å². The summed E-state index contributed by atoms with van der Waals surface area (Å²) in [4.78, 5) is 14.7. The van der Waals surface area contributed by atoms with Gasteiger partial charge >= 0.3 is 0 Å². The molecule has 134 valence electrons. The van der Waals surface area contributed by atoms with Crippen LogP contribution >= 0.6 is 0 Å². The van der Waals surface area contributed by atoms with Crippen LogP contribution in [0.25, 0.3) is 0 Å². The zero-order chi connectivity index (χ0) is 17.6. The first-order valence-electron chi connectivity index (χ1n) is 8.59. The summed E-state index contributed by atoms with van der Waals surface area (Å²) in [6.45, 7) is 6.39. The number of hydrogen-bond donors (Lipinski definition) is 2. The number of anilines is 1. The van der Waals surface area contributed by atoms with Gasteiger partial charge in [0.1, 0.15) is 0 Å². The van der Waals surface area contributed by atoms with Gasteiger partial charge in [-0.05, 0) is 50.1 Å². The molecule has 1 fully saturated rings. The fourth-order valence-corrected chi connectivity index (χ4v) is 4.08. The zero-order valence-electron chi connectivity index (χ0n) is 14.4. The van der Waals surface area contributed by atoms with Gasteiger partial charge in [0.2, 0.25) is 10.0 Å². The van der Waals surface area contributed by atoms with Gasteiger partial charge in [0.25, 0.3) is 5.91 Å². The Labute approximate surface area is 144 Å². The highest BCUT2D eigenvalue weighted by Crippen LogP contribution is 2.17. The minimum Gasteiger partial charge on any atom is -0.334 e. The maximum absolute atomic E-state index is 12.8. The Balaban J connectivity index is 2.09. The van der Waals surface area contributed by atoms with Crippen molar-refractivity contribution < 1.29 is 13.2 Å². The predicted octanol–water partition coefficient (Wildman–Crippen LogP) is 2.05. The van der Waals surface area contributed by atoms with Crippen molar-refractivity contribution in [3.63, 3.8) is 0 Å². The molecule has 1 aromatic carbocycles. The van der Waals surface area contributed by atoms with Crippen molar-refractivity contribution in [2.45, 2.75) is 39.2 Å². The minimum atomic E-state index is -3.31. The van der Waals surface area contributed by atoms with Crippen LogP contribution < -0.4 is 10.0 Å². The van der Waals surface area contributed by atoms with E-state index in [0.717, 1.165) is 32.5 Å². The molecule has 2 rings (SSSR count). The highest BCUT2D eigenvalue weighted by atomic mass is 32.2. The van der Waals surface area contributed by atoms with Gasteiger partial charge in [-0.15, -0.1) is 0 Å². The molecule has 1 aliphatic heterocycles. The molecule has 1 amide bonds. The lowest BCUT2D eigenvalue weighted by Gasteiger charge is -2.28. The number of carbonyl (C=O) groups excluding carboxylic acids is 1. The molecule has 0 aromatic heterocycles. The second-order valence-corrected chi connectivity index (χ2v) is 7.99. The predicted molar refractivity (Wildman–Crippen MR) is 96.7 cm³/mol. The molecule has 1 saturated heterocycles. The van der Waals surface area contributed by atoms with E-state index in [2.05, 4.69) is 17.0 Å². The largest absolute Gasteiger partial charge is 0.334 e. The van der Waals surface area contributed by atoms with Crippen LogP contribution in [0.1, 0.15) is 43.5 Å². The van der Waals surface area contributed by atoms with Gasteiger partial charge in [-0.3, -0.25) is 9.52 Å². The topological polar surface area (TPSA) is 78.5 Å². The number of rotatable bonds is 8. The average molecular weight is 353 g/mol. The number of carbonyl (C=O) groups is 1. The van der Waals surface area contributed by atoms with E-state index in [9.17, 15) is 13.2 Å². The van der Waals surface area contributed by atoms with Crippen molar-refractivity contribution in [2.24, 2.45) is 0 Å². The molecular formula is C17H27N3O3S. The molecule has 2 N–H and O–H groups in total. The summed E-state index contributed by atoms with van der Waals surface area (Å²) in [6.07, 6.45) is 2.45. The van der Waals surface area contributed by atoms with Crippen molar-refractivity contribution in [3.05, 3.63) is 29.8 Å². The Morgan fingerprint density at radius 1 is 1.25 bits per heavy atom. The molecule has 6 nitrogen and oxygen atoms in total. The summed E-state index contributed by atoms with van der Waals surface area (Å²) in [5.74, 6) is 0.0978. The first-order chi connectivity index (χ1) is 11.5. The number of nitrogens with one attached hydrogen (secondary N) is 2. The highest BCUT2D eigenvalue weighted by Gasteiger charge is 2.26. The third-order valence-corrected chi connectivity index (χ3v) is 5.57. The minimum absolute atomic E-state index is 0.00788. The van der Waals surface area contributed by atoms with Gasteiger partial charge in [0, 0.05) is 30.4 Å². The van der Waals surface area contributed by atoms with Gasteiger partial charge in [-0.2, -0.15) is 0 Å². The standard InChI is InChI=1S/C17H27N3O3S/c1-3-11-20(16-9-10-18-13-16)17(21)14-5-7-15(8-6-14)19-24(22,23)12-4-2/h5-8,16,18-19H,3-4,9-13H2,1-2H3. The lowest BCUT2D eigenvalue weighted by molar-refractivity contribution is 0.0692. The number of sulfonamides is 1. The fourth-order valence-electron chi connectivity index (χ4n) is 2.94. The molecule has 0 aliphatic carbocycles. The van der Waals surface area contributed by atoms with E-state index in [1.54, 1.807) is 24.3 Å². The second-order valence-electron chi connectivity index (χ2n) is 6.14. The fraction of sp³-hybridized carbons (Fsp3) is 0.588. The normalized spacial score (nSPS) is 17.7. The molecule has 24 heavy (non-hydrogen) atoms. The second kappa shape index (κ2) is 8.48. The van der Waals surface area contributed by atoms with E-state index in [-0.39, 0.29) is 17.7 Å². The maximum Gasteiger partial charge on any atom is 0.254 e. The summed E-state index contributed by atoms with van der Waals surface area (Å²) in [7, 11) is -3.31. The monoisotopic (exact) mass is 353 g/mol. The van der Waals surface area contributed by atoms with E-state index in [1.807, 2.05) is 11.8 Å². The van der Waals surface area contributed by atoms with Crippen LogP contribution in [0.4, 0.5) is 5.69 Å². The van der Waals surface area contributed by atoms with Gasteiger partial charge < -0.3 is 10.2 Å². The van der Waals surface area contributed by atoms with Gasteiger partial charge in [-0.25, -0.2) is 8.42 Å². The van der Waals surface area contributed by atoms with Crippen molar-refractivity contribution in [1.82, 2.24) is 10.2 Å². The van der Waals surface area contributed by atoms with Crippen LogP contribution in [0.3, 0.4) is 0 Å². The Morgan fingerprint density at radius 2 is 1.96 bits per heavy atom. The molecule has 1 atom stereocenters. The molecule has 0 radical (unpaired) electrons. The van der Waals surface area contributed by atoms with Gasteiger partial charge in [0.15, 0.2) is 0 Å². The van der Waals surface area contributed by atoms with Crippen molar-refractivity contribution in [1.29, 1.82) is 0 Å². The highest BCUT2D eigenvalue weighted by molar-refractivity contribution is 7.92. The zero-order valence-corrected chi connectivity index (χ0v) is 15.2. The quantitative estimate of drug-likeness (QED) is 0.750. The third kappa shape index (κ3) is 4.95. The lowest BCUT2D eigenvalue weighted by Crippen LogP contribution is -2.42. The Hall–Kier alpha value is -1.60. The maximum atomic E-state index is 12.8. The Bertz CT molecular complexity index is 638. The number of nitrogens with zero attached hydrogens (tertiary/aromatic N) is 1. The van der Waals surface area contributed by atoms with Gasteiger partial charge in [0.05, 0.1) is 5.75 Å². The van der Waals surface area contributed by atoms with Crippen LogP contribution in [0.2, 0.25) is 0 Å². The third-order valence-electron chi connectivity index (χ3n) is 4.08. The lowest BCUT2D eigenvalue weighted by atomic mass is 10.1. The number of hydrogen-bond acceptors (Lipinski definition) is 4. The van der Waals surface area contributed by atoms with E-state index in [4.69, 9.17) is 0 Å². The van der Waals surface area contributed by atoms with E-state index in [1.165, 1.54) is 0 Å². The van der Waals surface area contributed by atoms with Crippen LogP contribution in [0.15, 0.2) is 24.3 Å². The Kier molecular flexibility index (Phi) is 6.62. The molecule has 0 saturated carbocycles. The molecule has 1 unspecified atom stereocenters. The molecular weight excluding hydrogens is 326 g/mol. The summed E-state index contributed by atoms with van der Waals surface area (Å²) >= 11 is 0. The average Bonchev–Trinajstić information content (AvgIpc) is 3.06. The summed E-state index contributed by atoms with van der Waals surface area (Å²) in [5.41, 5.74) is 1.08. The van der Waals surface area contributed by atoms with Crippen LogP contribution in [-0.2, 0) is 10.0 Å². The van der Waals surface area contributed by atoms with Crippen LogP contribution in [-0.4, -0.2) is 50.7 Å². The molecule has 1 heterocycles. The van der Waals surface area contributed by atoms with Crippen molar-refractivity contribution in [3.8, 4) is 0 Å². The molecule has 1 aromatic rings. The number of benzene rings is 1. The van der Waals surface area contributed by atoms with Crippen LogP contribution in [0.5, 0.6) is 0 Å². The molecule has 0 spiro atoms. The van der Waals surface area contributed by atoms with E-state index < -0.39 is 10.0 Å². The number of amides is 1. The van der Waals surface area contributed by atoms with Crippen molar-refractivity contribution in [2.75, 3.05) is 30.1 Å². The summed E-state index contributed by atoms with van der Waals surface area (Å²) in [6, 6.07) is 6.92. The molecule has 0 bridgehead atoms. The first-order valence-corrected chi connectivity index (χ1v) is 10.2. The summed E-state index contributed by atoms with van der Waals surface area (Å²) < 4.78 is 26.1. The van der Waals surface area contributed by atoms with Crippen LogP contribution in [0, 0.1) is 0 Å². The Morgan fingerprint density at radius 3 is 2.50 bits per heavy atom. The van der Waals surface area contributed by atoms with E-state index >= 15 is 0 Å². The van der Waals surface area contributed by atoms with E-state index in [0.29, 0.717) is 17.7 Å². The SMILES string of the molecule is CCCN(C(=O)c1ccc(NS(=O)(=O)CCC)cc1)C1CCNC1. The molecule has 7 heteroatoms.